The van der Waals surface area contributed by atoms with Crippen LogP contribution in [-0.4, -0.2) is 24.6 Å². The fraction of sp³-hybridized carbons (Fsp3) is 0.333. The average molecular weight is 299 g/mol. The van der Waals surface area contributed by atoms with Gasteiger partial charge in [0.2, 0.25) is 6.10 Å². The van der Waals surface area contributed by atoms with E-state index >= 15 is 0 Å². The third-order valence-corrected chi connectivity index (χ3v) is 2.95. The molecule has 4 nitrogen and oxygen atoms in total. The average Bonchev–Trinajstić information content (AvgIpc) is 2.68. The molecule has 0 bridgehead atoms. The van der Waals surface area contributed by atoms with Crippen LogP contribution in [-0.2, 0) is 25.5 Å². The molecule has 0 aromatic heterocycles. The summed E-state index contributed by atoms with van der Waals surface area (Å²) < 4.78 is 10.7. The van der Waals surface area contributed by atoms with E-state index in [2.05, 4.69) is 15.9 Å². The van der Waals surface area contributed by atoms with Crippen molar-refractivity contribution < 1.29 is 19.1 Å². The van der Waals surface area contributed by atoms with Crippen molar-refractivity contribution in [3.63, 3.8) is 0 Å². The minimum absolute atomic E-state index is 0.164. The van der Waals surface area contributed by atoms with Crippen molar-refractivity contribution in [1.29, 1.82) is 0 Å². The van der Waals surface area contributed by atoms with E-state index < -0.39 is 18.0 Å². The van der Waals surface area contributed by atoms with Crippen molar-refractivity contribution in [3.8, 4) is 0 Å². The van der Waals surface area contributed by atoms with Gasteiger partial charge in [-0.15, -0.1) is 0 Å². The largest absolute Gasteiger partial charge is 0.463 e. The van der Waals surface area contributed by atoms with Gasteiger partial charge in [-0.05, 0) is 17.7 Å². The number of ether oxygens (including phenoxy) is 2. The zero-order chi connectivity index (χ0) is 12.3. The van der Waals surface area contributed by atoms with Crippen LogP contribution >= 0.6 is 15.9 Å². The summed E-state index contributed by atoms with van der Waals surface area (Å²) in [6.45, 7) is 0.328. The van der Waals surface area contributed by atoms with E-state index in [1.165, 1.54) is 0 Å². The van der Waals surface area contributed by atoms with E-state index in [1.54, 1.807) is 0 Å². The molecule has 17 heavy (non-hydrogen) atoms. The summed E-state index contributed by atoms with van der Waals surface area (Å²) in [6.07, 6.45) is -0.111. The Balaban J connectivity index is 1.88. The second kappa shape index (κ2) is 5.31. The number of cyclic esters (lactones) is 1. The van der Waals surface area contributed by atoms with Gasteiger partial charge in [-0.2, -0.15) is 0 Å². The highest BCUT2D eigenvalue weighted by Gasteiger charge is 2.29. The van der Waals surface area contributed by atoms with Crippen LogP contribution in [0.15, 0.2) is 28.7 Å². The molecule has 1 aromatic rings. The smallest absolute Gasteiger partial charge is 0.347 e. The summed E-state index contributed by atoms with van der Waals surface area (Å²) >= 11 is 3.31. The fourth-order valence-corrected chi connectivity index (χ4v) is 1.82. The van der Waals surface area contributed by atoms with Gasteiger partial charge in [-0.1, -0.05) is 28.1 Å². The molecular weight excluding hydrogens is 288 g/mol. The number of hydrogen-bond donors (Lipinski definition) is 0. The molecule has 0 aliphatic carbocycles. The lowest BCUT2D eigenvalue weighted by atomic mass is 10.1. The van der Waals surface area contributed by atoms with Gasteiger partial charge >= 0.3 is 11.9 Å². The molecule has 1 aliphatic rings. The van der Waals surface area contributed by atoms with Crippen molar-refractivity contribution in [2.24, 2.45) is 0 Å². The second-order valence-corrected chi connectivity index (χ2v) is 4.65. The molecule has 0 unspecified atom stereocenters. The first kappa shape index (κ1) is 12.1. The molecule has 1 aromatic carbocycles. The summed E-state index contributed by atoms with van der Waals surface area (Å²) in [4.78, 5) is 22.7. The van der Waals surface area contributed by atoms with E-state index in [1.807, 2.05) is 24.3 Å². The van der Waals surface area contributed by atoms with Crippen LogP contribution in [0.5, 0.6) is 0 Å². The van der Waals surface area contributed by atoms with Crippen molar-refractivity contribution in [2.45, 2.75) is 18.9 Å². The van der Waals surface area contributed by atoms with Gasteiger partial charge in [-0.3, -0.25) is 4.79 Å². The molecule has 1 aliphatic heterocycles. The number of hydrogen-bond acceptors (Lipinski definition) is 4. The maximum Gasteiger partial charge on any atom is 0.347 e. The van der Waals surface area contributed by atoms with E-state index in [0.717, 1.165) is 10.0 Å². The molecule has 0 N–H and O–H groups in total. The van der Waals surface area contributed by atoms with Crippen LogP contribution < -0.4 is 0 Å². The number of carbonyl (C=O) groups is 2. The first-order valence-corrected chi connectivity index (χ1v) is 6.05. The molecule has 0 amide bonds. The van der Waals surface area contributed by atoms with Crippen LogP contribution in [0.4, 0.5) is 0 Å². The molecule has 2 rings (SSSR count). The van der Waals surface area contributed by atoms with Crippen molar-refractivity contribution >= 4 is 27.9 Å². The van der Waals surface area contributed by atoms with Crippen LogP contribution in [0, 0.1) is 0 Å². The Kier molecular flexibility index (Phi) is 3.78. The van der Waals surface area contributed by atoms with Gasteiger partial charge in [0.05, 0.1) is 13.0 Å². The van der Waals surface area contributed by atoms with Crippen LogP contribution in [0.3, 0.4) is 0 Å². The third-order valence-electron chi connectivity index (χ3n) is 2.42. The maximum atomic E-state index is 11.6. The van der Waals surface area contributed by atoms with E-state index in [9.17, 15) is 9.59 Å². The van der Waals surface area contributed by atoms with E-state index in [4.69, 9.17) is 9.47 Å². The molecule has 1 atom stereocenters. The van der Waals surface area contributed by atoms with Crippen LogP contribution in [0.1, 0.15) is 12.0 Å². The fourth-order valence-electron chi connectivity index (χ4n) is 1.55. The minimum atomic E-state index is -0.724. The van der Waals surface area contributed by atoms with Crippen LogP contribution in [0.2, 0.25) is 0 Å². The molecule has 1 fully saturated rings. The number of halogens is 1. The molecule has 5 heteroatoms. The Hall–Kier alpha value is -1.36. The summed E-state index contributed by atoms with van der Waals surface area (Å²) in [5, 5.41) is 0. The van der Waals surface area contributed by atoms with Crippen LogP contribution in [0.25, 0.3) is 0 Å². The minimum Gasteiger partial charge on any atom is -0.463 e. The summed E-state index contributed by atoms with van der Waals surface area (Å²) in [6, 6.07) is 7.37. The Morgan fingerprint density at radius 2 is 2.12 bits per heavy atom. The first-order valence-electron chi connectivity index (χ1n) is 5.26. The Bertz CT molecular complexity index is 427. The normalized spacial score (nSPS) is 18.9. The lowest BCUT2D eigenvalue weighted by Crippen LogP contribution is -2.23. The van der Waals surface area contributed by atoms with E-state index in [-0.39, 0.29) is 6.42 Å². The Morgan fingerprint density at radius 3 is 2.71 bits per heavy atom. The highest BCUT2D eigenvalue weighted by atomic mass is 79.9. The molecule has 1 heterocycles. The summed E-state index contributed by atoms with van der Waals surface area (Å²) in [5.74, 6) is -0.856. The number of benzene rings is 1. The molecule has 0 spiro atoms. The molecule has 0 saturated carbocycles. The highest BCUT2D eigenvalue weighted by molar-refractivity contribution is 9.10. The number of carbonyl (C=O) groups excluding carboxylic acids is 2. The zero-order valence-corrected chi connectivity index (χ0v) is 10.6. The lowest BCUT2D eigenvalue weighted by molar-refractivity contribution is -0.159. The van der Waals surface area contributed by atoms with Gasteiger partial charge in [0.15, 0.2) is 0 Å². The van der Waals surface area contributed by atoms with Gasteiger partial charge < -0.3 is 9.47 Å². The second-order valence-electron chi connectivity index (χ2n) is 3.74. The Morgan fingerprint density at radius 1 is 1.41 bits per heavy atom. The third kappa shape index (κ3) is 3.30. The molecule has 1 saturated heterocycles. The monoisotopic (exact) mass is 298 g/mol. The van der Waals surface area contributed by atoms with Gasteiger partial charge in [0.25, 0.3) is 0 Å². The first-order chi connectivity index (χ1) is 8.15. The van der Waals surface area contributed by atoms with Gasteiger partial charge in [0, 0.05) is 10.9 Å². The van der Waals surface area contributed by atoms with Crippen molar-refractivity contribution in [2.75, 3.05) is 6.61 Å². The predicted molar refractivity (Wildman–Crippen MR) is 63.3 cm³/mol. The topological polar surface area (TPSA) is 52.6 Å². The highest BCUT2D eigenvalue weighted by Crippen LogP contribution is 2.14. The van der Waals surface area contributed by atoms with Gasteiger partial charge in [-0.25, -0.2) is 4.79 Å². The standard InChI is InChI=1S/C12H11BrO4/c13-9-3-1-8(2-4-9)7-11(14)17-10-5-6-16-12(10)15/h1-4,10H,5-7H2/t10-/m1/s1. The molecular formula is C12H11BrO4. The van der Waals surface area contributed by atoms with Gasteiger partial charge in [0.1, 0.15) is 0 Å². The summed E-state index contributed by atoms with van der Waals surface area (Å²) in [7, 11) is 0. The lowest BCUT2D eigenvalue weighted by Gasteiger charge is -2.08. The van der Waals surface area contributed by atoms with Crippen molar-refractivity contribution in [3.05, 3.63) is 34.3 Å². The maximum absolute atomic E-state index is 11.6. The van der Waals surface area contributed by atoms with Crippen molar-refractivity contribution in [1.82, 2.24) is 0 Å². The quantitative estimate of drug-likeness (QED) is 0.799. The SMILES string of the molecule is O=C(Cc1ccc(Br)cc1)O[C@@H]1CCOC1=O. The zero-order valence-electron chi connectivity index (χ0n) is 9.02. The number of rotatable bonds is 3. The number of esters is 2. The molecule has 0 radical (unpaired) electrons. The summed E-state index contributed by atoms with van der Waals surface area (Å²) in [5.41, 5.74) is 0.851. The predicted octanol–water partition coefficient (Wildman–Crippen LogP) is 1.85. The van der Waals surface area contributed by atoms with E-state index in [0.29, 0.717) is 13.0 Å². The molecule has 90 valence electrons. The Labute approximate surface area is 107 Å².